The molecule has 1 saturated heterocycles. The van der Waals surface area contributed by atoms with E-state index in [0.717, 1.165) is 0 Å². The fraction of sp³-hybridized carbons (Fsp3) is 0.786. The van der Waals surface area contributed by atoms with E-state index in [1.165, 1.54) is 23.9 Å². The van der Waals surface area contributed by atoms with Gasteiger partial charge in [0.15, 0.2) is 0 Å². The maximum atomic E-state index is 11.3. The lowest BCUT2D eigenvalue weighted by atomic mass is 9.61. The summed E-state index contributed by atoms with van der Waals surface area (Å²) in [4.78, 5) is 14.4. The van der Waals surface area contributed by atoms with E-state index in [-0.39, 0.29) is 0 Å². The first-order valence-electron chi connectivity index (χ1n) is 7.20. The van der Waals surface area contributed by atoms with E-state index in [1.54, 1.807) is 27.7 Å². The van der Waals surface area contributed by atoms with Crippen LogP contribution in [0.15, 0.2) is 12.4 Å². The molecule has 8 nitrogen and oxygen atoms in total. The van der Waals surface area contributed by atoms with E-state index in [9.17, 15) is 20.3 Å². The third-order valence-corrected chi connectivity index (χ3v) is 6.88. The lowest BCUT2D eigenvalue weighted by Gasteiger charge is -2.61. The van der Waals surface area contributed by atoms with Crippen molar-refractivity contribution < 1.29 is 19.9 Å². The zero-order valence-electron chi connectivity index (χ0n) is 13.8. The van der Waals surface area contributed by atoms with Crippen molar-refractivity contribution in [1.29, 1.82) is 0 Å². The molecule has 0 radical (unpaired) electrons. The molecule has 2 N–H and O–H groups in total. The number of aliphatic hydroxyl groups excluding tert-OH is 1. The van der Waals surface area contributed by atoms with Gasteiger partial charge in [0.1, 0.15) is 23.6 Å². The Kier molecular flexibility index (Phi) is 4.33. The molecule has 2 heterocycles. The molecule has 1 aliphatic rings. The average molecular weight is 436 g/mol. The molecule has 0 amide bonds. The Hall–Kier alpha value is -0.780. The predicted molar refractivity (Wildman–Crippen MR) is 91.3 cm³/mol. The van der Waals surface area contributed by atoms with Crippen LogP contribution in [0.3, 0.4) is 0 Å². The number of rotatable bonds is 3. The highest BCUT2D eigenvalue weighted by molar-refractivity contribution is 14.1. The standard InChI is InChI=1S/C14H22IN3O5/c1-11(2)9(19)12(3,8-15)23-14(5,13(11,4)20)17-7-6-16-10(17)18(21)22/h6-7,9,19-20H,8H2,1-5H3/i15-3. The Balaban J connectivity index is 2.72. The Morgan fingerprint density at radius 1 is 1.43 bits per heavy atom. The highest BCUT2D eigenvalue weighted by Gasteiger charge is 2.69. The molecule has 1 fully saturated rings. The van der Waals surface area contributed by atoms with Crippen LogP contribution in [0.1, 0.15) is 34.6 Å². The molecule has 23 heavy (non-hydrogen) atoms. The lowest BCUT2D eigenvalue weighted by Crippen LogP contribution is -2.75. The Bertz CT molecular complexity index is 632. The molecule has 2 rings (SSSR count). The molecular formula is C14H22IN3O5. The number of hydrogen-bond acceptors (Lipinski definition) is 6. The van der Waals surface area contributed by atoms with Gasteiger partial charge in [-0.25, -0.2) is 0 Å². The van der Waals surface area contributed by atoms with Crippen molar-refractivity contribution in [3.63, 3.8) is 0 Å². The molecule has 0 bridgehead atoms. The quantitative estimate of drug-likeness (QED) is 0.324. The number of nitro groups is 1. The molecule has 1 aromatic heterocycles. The number of hydrogen-bond donors (Lipinski definition) is 2. The third-order valence-electron chi connectivity index (χ3n) is 5.36. The second kappa shape index (κ2) is 5.36. The summed E-state index contributed by atoms with van der Waals surface area (Å²) in [6.45, 7) is 8.30. The number of nitrogens with zero attached hydrogens (tertiary/aromatic N) is 3. The largest absolute Gasteiger partial charge is 0.437 e. The Labute approximate surface area is 148 Å². The summed E-state index contributed by atoms with van der Waals surface area (Å²) in [5.74, 6) is -0.421. The predicted octanol–water partition coefficient (Wildman–Crippen LogP) is 1.83. The number of alkyl halides is 1. The second-order valence-corrected chi connectivity index (χ2v) is 7.84. The highest BCUT2D eigenvalue weighted by Crippen LogP contribution is 2.55. The van der Waals surface area contributed by atoms with Gasteiger partial charge < -0.3 is 25.1 Å². The van der Waals surface area contributed by atoms with Crippen LogP contribution in [0.4, 0.5) is 5.95 Å². The first-order chi connectivity index (χ1) is 10.3. The SMILES string of the molecule is CC1(C[124I])OC(C)(n2ccnc2[N+](=O)[O-])C(C)(O)C(C)(C)C1O. The van der Waals surface area contributed by atoms with Crippen molar-refractivity contribution in [3.8, 4) is 0 Å². The van der Waals surface area contributed by atoms with Crippen LogP contribution in [-0.4, -0.2) is 46.4 Å². The summed E-state index contributed by atoms with van der Waals surface area (Å²) in [5, 5.41) is 33.3. The fourth-order valence-corrected chi connectivity index (χ4v) is 3.96. The van der Waals surface area contributed by atoms with Crippen LogP contribution in [0.2, 0.25) is 0 Å². The topological polar surface area (TPSA) is 111 Å². The van der Waals surface area contributed by atoms with Crippen molar-refractivity contribution in [2.45, 2.75) is 57.6 Å². The molecule has 0 saturated carbocycles. The van der Waals surface area contributed by atoms with Crippen LogP contribution in [0.25, 0.3) is 0 Å². The van der Waals surface area contributed by atoms with Crippen LogP contribution < -0.4 is 0 Å². The molecule has 4 atom stereocenters. The number of aliphatic hydroxyl groups is 2. The molecule has 1 aliphatic heterocycles. The third kappa shape index (κ3) is 2.31. The van der Waals surface area contributed by atoms with E-state index in [0.29, 0.717) is 4.43 Å². The van der Waals surface area contributed by atoms with Gasteiger partial charge in [-0.15, -0.1) is 0 Å². The lowest BCUT2D eigenvalue weighted by molar-refractivity contribution is -0.415. The van der Waals surface area contributed by atoms with Crippen LogP contribution in [0, 0.1) is 15.5 Å². The molecule has 130 valence electrons. The van der Waals surface area contributed by atoms with Gasteiger partial charge in [-0.05, 0) is 18.8 Å². The van der Waals surface area contributed by atoms with Crippen molar-refractivity contribution >= 4 is 28.5 Å². The summed E-state index contributed by atoms with van der Waals surface area (Å²) in [5.41, 5.74) is -5.05. The maximum absolute atomic E-state index is 11.3. The normalized spacial score (nSPS) is 40.1. The monoisotopic (exact) mass is 436 g/mol. The minimum Gasteiger partial charge on any atom is -0.390 e. The average Bonchev–Trinajstić information content (AvgIpc) is 2.94. The van der Waals surface area contributed by atoms with Gasteiger partial charge in [-0.1, -0.05) is 41.4 Å². The first kappa shape index (κ1) is 18.6. The molecule has 0 aromatic carbocycles. The minimum absolute atomic E-state index is 0.421. The molecular weight excluding hydrogens is 414 g/mol. The van der Waals surface area contributed by atoms with Crippen molar-refractivity contribution in [1.82, 2.24) is 9.55 Å². The van der Waals surface area contributed by atoms with E-state index < -0.39 is 39.3 Å². The second-order valence-electron chi connectivity index (χ2n) is 7.08. The van der Waals surface area contributed by atoms with Crippen LogP contribution in [0.5, 0.6) is 0 Å². The Morgan fingerprint density at radius 2 is 2.00 bits per heavy atom. The van der Waals surface area contributed by atoms with Crippen LogP contribution >= 0.6 is 22.6 Å². The minimum atomic E-state index is -1.60. The first-order valence-corrected chi connectivity index (χ1v) is 8.72. The number of imidazole rings is 1. The summed E-state index contributed by atoms with van der Waals surface area (Å²) >= 11 is 2.10. The number of aromatic nitrogens is 2. The number of halogens is 1. The van der Waals surface area contributed by atoms with Crippen molar-refractivity contribution in [3.05, 3.63) is 22.5 Å². The molecule has 0 spiro atoms. The van der Waals surface area contributed by atoms with E-state index in [2.05, 4.69) is 27.6 Å². The smallest absolute Gasteiger partial charge is 0.390 e. The summed E-state index contributed by atoms with van der Waals surface area (Å²) in [6.07, 6.45) is 1.74. The van der Waals surface area contributed by atoms with E-state index >= 15 is 0 Å². The summed E-state index contributed by atoms with van der Waals surface area (Å²) in [6, 6.07) is 0. The number of ether oxygens (including phenoxy) is 1. The fourth-order valence-electron chi connectivity index (χ4n) is 3.38. The van der Waals surface area contributed by atoms with Gasteiger partial charge in [-0.3, -0.25) is 0 Å². The highest BCUT2D eigenvalue weighted by atomic mass is 124. The van der Waals surface area contributed by atoms with Gasteiger partial charge >= 0.3 is 5.95 Å². The molecule has 0 aliphatic carbocycles. The molecule has 9 heteroatoms. The van der Waals surface area contributed by atoms with E-state index in [1.807, 2.05) is 0 Å². The summed E-state index contributed by atoms with van der Waals surface area (Å²) in [7, 11) is 0. The van der Waals surface area contributed by atoms with Gasteiger partial charge in [0.25, 0.3) is 0 Å². The zero-order chi connectivity index (χ0) is 17.8. The van der Waals surface area contributed by atoms with Crippen molar-refractivity contribution in [2.24, 2.45) is 5.41 Å². The van der Waals surface area contributed by atoms with Gasteiger partial charge in [0, 0.05) is 16.8 Å². The summed E-state index contributed by atoms with van der Waals surface area (Å²) < 4.78 is 7.80. The molecule has 1 aromatic rings. The van der Waals surface area contributed by atoms with Crippen molar-refractivity contribution in [2.75, 3.05) is 4.43 Å². The van der Waals surface area contributed by atoms with E-state index in [4.69, 9.17) is 4.74 Å². The van der Waals surface area contributed by atoms with Gasteiger partial charge in [0.05, 0.1) is 6.10 Å². The molecule has 4 unspecified atom stereocenters. The van der Waals surface area contributed by atoms with Gasteiger partial charge in [0.2, 0.25) is 5.72 Å². The Morgan fingerprint density at radius 3 is 2.48 bits per heavy atom. The van der Waals surface area contributed by atoms with Gasteiger partial charge in [-0.2, -0.15) is 4.57 Å². The zero-order valence-corrected chi connectivity index (χ0v) is 15.9. The maximum Gasteiger partial charge on any atom is 0.437 e. The van der Waals surface area contributed by atoms with Crippen LogP contribution in [-0.2, 0) is 10.5 Å².